The number of unbranched alkanes of at least 4 members (excludes halogenated alkanes) is 3. The van der Waals surface area contributed by atoms with E-state index < -0.39 is 19.8 Å². The van der Waals surface area contributed by atoms with Crippen LogP contribution in [0.3, 0.4) is 0 Å². The van der Waals surface area contributed by atoms with E-state index in [0.717, 1.165) is 33.9 Å². The van der Waals surface area contributed by atoms with Gasteiger partial charge in [-0.2, -0.15) is 0 Å². The molecular weight excluding hydrogens is 574 g/mol. The maximum absolute atomic E-state index is 5.80. The summed E-state index contributed by atoms with van der Waals surface area (Å²) in [4.78, 5) is 1.24. The van der Waals surface area contributed by atoms with Crippen LogP contribution in [0.1, 0.15) is 59.3 Å². The number of benzene rings is 1. The first-order valence-electron chi connectivity index (χ1n) is 10.9. The van der Waals surface area contributed by atoms with Crippen LogP contribution in [-0.4, -0.2) is 42.3 Å². The first kappa shape index (κ1) is 24.3. The fourth-order valence-electron chi connectivity index (χ4n) is 3.27. The Morgan fingerprint density at radius 2 is 1.46 bits per heavy atom. The van der Waals surface area contributed by atoms with Gasteiger partial charge in [0.2, 0.25) is 0 Å². The van der Waals surface area contributed by atoms with Gasteiger partial charge in [-0.25, -0.2) is 0 Å². The topological polar surface area (TPSA) is 13.1 Å². The third-order valence-electron chi connectivity index (χ3n) is 4.98. The molecule has 3 rings (SSSR count). The molecule has 0 aliphatic carbocycles. The molecule has 0 saturated carbocycles. The van der Waals surface area contributed by atoms with E-state index >= 15 is 0 Å². The Bertz CT molecular complexity index is 741. The number of fused-ring (bicyclic) bond motifs is 1. The van der Waals surface area contributed by atoms with E-state index in [4.69, 9.17) is 4.42 Å². The molecule has 0 amide bonds. The van der Waals surface area contributed by atoms with Gasteiger partial charge in [0.1, 0.15) is 0 Å². The van der Waals surface area contributed by atoms with Gasteiger partial charge in [0.25, 0.3) is 0 Å². The fraction of sp³-hybridized carbons (Fsp3) is 0.500. The normalized spacial score (nSPS) is 11.0. The van der Waals surface area contributed by atoms with Gasteiger partial charge in [-0.1, -0.05) is 0 Å². The second-order valence-corrected chi connectivity index (χ2v) is 20.8. The Hall–Kier alpha value is 0.0574. The molecule has 4 heteroatoms. The molecule has 0 saturated heterocycles. The van der Waals surface area contributed by atoms with Crippen molar-refractivity contribution in [3.05, 3.63) is 42.5 Å². The molecule has 0 bridgehead atoms. The number of furan rings is 1. The van der Waals surface area contributed by atoms with E-state index in [2.05, 4.69) is 45.0 Å². The van der Waals surface area contributed by atoms with E-state index in [1.54, 1.807) is 13.3 Å². The van der Waals surface area contributed by atoms with E-state index in [1.165, 1.54) is 51.7 Å². The Labute approximate surface area is 196 Å². The summed E-state index contributed by atoms with van der Waals surface area (Å²) in [5.74, 6) is 0.994. The van der Waals surface area contributed by atoms with Gasteiger partial charge in [0.15, 0.2) is 0 Å². The molecule has 2 aromatic heterocycles. The van der Waals surface area contributed by atoms with Crippen LogP contribution in [0.15, 0.2) is 46.9 Å². The summed E-state index contributed by atoms with van der Waals surface area (Å²) < 4.78 is 12.3. The van der Waals surface area contributed by atoms with Crippen molar-refractivity contribution < 1.29 is 4.42 Å². The number of thiophene rings is 1. The SMILES string of the molecule is CCC[CH2][Sn]([CH2]CCC)[CH2]CCC.[SnH2][c]1ccc(-c2cc3ccccc3o2)s1. The van der Waals surface area contributed by atoms with Crippen molar-refractivity contribution in [3.63, 3.8) is 0 Å². The number of rotatable bonds is 10. The van der Waals surface area contributed by atoms with Crippen LogP contribution >= 0.6 is 11.3 Å². The average Bonchev–Trinajstić information content (AvgIpc) is 3.34. The van der Waals surface area contributed by atoms with Crippen LogP contribution in [0.4, 0.5) is 0 Å². The molecule has 28 heavy (non-hydrogen) atoms. The molecule has 0 atom stereocenters. The summed E-state index contributed by atoms with van der Waals surface area (Å²) in [6.07, 6.45) is 8.85. The molecule has 2 radical (unpaired) electrons. The summed E-state index contributed by atoms with van der Waals surface area (Å²) in [5.41, 5.74) is 0.971. The van der Waals surface area contributed by atoms with E-state index in [9.17, 15) is 0 Å². The third-order valence-corrected chi connectivity index (χ3v) is 16.9. The molecule has 0 N–H and O–H groups in total. The van der Waals surface area contributed by atoms with E-state index in [1.807, 2.05) is 29.5 Å². The van der Waals surface area contributed by atoms with Crippen molar-refractivity contribution in [3.8, 4) is 10.6 Å². The number of para-hydroxylation sites is 1. The van der Waals surface area contributed by atoms with Crippen molar-refractivity contribution in [2.75, 3.05) is 0 Å². The first-order chi connectivity index (χ1) is 13.7. The fourth-order valence-corrected chi connectivity index (χ4v) is 15.1. The van der Waals surface area contributed by atoms with Gasteiger partial charge in [-0.3, -0.25) is 0 Å². The number of hydrogen-bond donors (Lipinski definition) is 0. The third kappa shape index (κ3) is 8.43. The molecule has 0 aliphatic rings. The van der Waals surface area contributed by atoms with Crippen LogP contribution in [0, 0.1) is 0 Å². The van der Waals surface area contributed by atoms with Gasteiger partial charge in [0, 0.05) is 0 Å². The van der Waals surface area contributed by atoms with Gasteiger partial charge < -0.3 is 0 Å². The summed E-state index contributed by atoms with van der Waals surface area (Å²) in [5, 5.41) is 1.18. The van der Waals surface area contributed by atoms with Gasteiger partial charge in [0.05, 0.1) is 0 Å². The molecule has 2 heterocycles. The zero-order valence-corrected chi connectivity index (χ0v) is 25.6. The number of hydrogen-bond acceptors (Lipinski definition) is 2. The summed E-state index contributed by atoms with van der Waals surface area (Å²) in [7, 11) is 0. The average molecular weight is 610 g/mol. The van der Waals surface area contributed by atoms with Gasteiger partial charge in [-0.05, 0) is 0 Å². The minimum absolute atomic E-state index is 0.839. The Balaban J connectivity index is 0.000000204. The van der Waals surface area contributed by atoms with Crippen molar-refractivity contribution >= 4 is 67.5 Å². The standard InChI is InChI=1S/C12H7OS.3C4H9.2Sn.2H/c1-2-5-10-9(4-1)8-11(13-10)12-6-3-7-14-12;3*1-3-4-2;;;;/h1-6,8H;3*1,3-4H2,2H3;;;;. The summed E-state index contributed by atoms with van der Waals surface area (Å²) in [6.45, 7) is 7.00. The molecule has 0 spiro atoms. The molecule has 0 aliphatic heterocycles. The molecule has 3 aromatic rings. The molecule has 152 valence electrons. The van der Waals surface area contributed by atoms with Crippen LogP contribution in [0.5, 0.6) is 0 Å². The van der Waals surface area contributed by atoms with Gasteiger partial charge in [-0.15, -0.1) is 0 Å². The summed E-state index contributed by atoms with van der Waals surface area (Å²) >= 11 is 1.89. The first-order valence-corrected chi connectivity index (χ1v) is 19.8. The molecule has 0 fully saturated rings. The van der Waals surface area contributed by atoms with Crippen molar-refractivity contribution in [2.24, 2.45) is 0 Å². The molecular formula is C24H36OSSn2. The Morgan fingerprint density at radius 1 is 0.857 bits per heavy atom. The van der Waals surface area contributed by atoms with Gasteiger partial charge >= 0.3 is 198 Å². The predicted molar refractivity (Wildman–Crippen MR) is 133 cm³/mol. The quantitative estimate of drug-likeness (QED) is 0.220. The summed E-state index contributed by atoms with van der Waals surface area (Å²) in [6, 6.07) is 14.6. The molecule has 1 aromatic carbocycles. The Kier molecular flexibility index (Phi) is 12.3. The second-order valence-electron chi connectivity index (χ2n) is 7.48. The van der Waals surface area contributed by atoms with Crippen LogP contribution in [0.2, 0.25) is 13.3 Å². The van der Waals surface area contributed by atoms with E-state index in [-0.39, 0.29) is 0 Å². The van der Waals surface area contributed by atoms with Crippen LogP contribution in [0.25, 0.3) is 21.6 Å². The molecule has 1 nitrogen and oxygen atoms in total. The Morgan fingerprint density at radius 3 is 1.96 bits per heavy atom. The van der Waals surface area contributed by atoms with Crippen molar-refractivity contribution in [2.45, 2.75) is 72.6 Å². The second kappa shape index (κ2) is 14.1. The monoisotopic (exact) mass is 612 g/mol. The van der Waals surface area contributed by atoms with Crippen LogP contribution in [-0.2, 0) is 0 Å². The van der Waals surface area contributed by atoms with E-state index in [0.29, 0.717) is 0 Å². The van der Waals surface area contributed by atoms with Crippen LogP contribution < -0.4 is 2.89 Å². The van der Waals surface area contributed by atoms with Crippen molar-refractivity contribution in [1.82, 2.24) is 0 Å². The zero-order valence-electron chi connectivity index (χ0n) is 17.9. The maximum atomic E-state index is 5.80. The predicted octanol–water partition coefficient (Wildman–Crippen LogP) is 7.30. The molecule has 0 unspecified atom stereocenters. The zero-order chi connectivity index (χ0) is 20.2. The minimum atomic E-state index is -0.839. The van der Waals surface area contributed by atoms with Crippen molar-refractivity contribution in [1.29, 1.82) is 0 Å².